The van der Waals surface area contributed by atoms with Crippen LogP contribution in [0.25, 0.3) is 0 Å². The fourth-order valence-corrected chi connectivity index (χ4v) is 4.63. The molecule has 4 N–H and O–H groups in total. The highest BCUT2D eigenvalue weighted by atomic mass is 32.1. The predicted octanol–water partition coefficient (Wildman–Crippen LogP) is 4.55. The summed E-state index contributed by atoms with van der Waals surface area (Å²) >= 11 is 1.15. The van der Waals surface area contributed by atoms with E-state index in [9.17, 15) is 23.5 Å². The van der Waals surface area contributed by atoms with Gasteiger partial charge in [0.15, 0.2) is 0 Å². The van der Waals surface area contributed by atoms with Gasteiger partial charge in [-0.1, -0.05) is 24.3 Å². The second-order valence-electron chi connectivity index (χ2n) is 7.77. The van der Waals surface area contributed by atoms with Gasteiger partial charge in [-0.25, -0.2) is 13.6 Å². The molecule has 0 bridgehead atoms. The molecule has 1 heterocycles. The third-order valence-corrected chi connectivity index (χ3v) is 6.26. The molecule has 2 aromatic carbocycles. The zero-order valence-electron chi connectivity index (χ0n) is 18.5. The van der Waals surface area contributed by atoms with Gasteiger partial charge >= 0.3 is 5.97 Å². The Bertz CT molecular complexity index is 1150. The Balaban J connectivity index is 1.83. The van der Waals surface area contributed by atoms with Gasteiger partial charge in [0, 0.05) is 17.3 Å². The van der Waals surface area contributed by atoms with E-state index in [2.05, 4.69) is 10.3 Å². The van der Waals surface area contributed by atoms with Crippen LogP contribution in [0.2, 0.25) is 0 Å². The minimum Gasteiger partial charge on any atom is -0.480 e. The molecular weight excluding hydrogens is 460 g/mol. The van der Waals surface area contributed by atoms with Crippen molar-refractivity contribution in [3.8, 4) is 0 Å². The average molecular weight is 486 g/mol. The second-order valence-corrected chi connectivity index (χ2v) is 8.89. The van der Waals surface area contributed by atoms with Crippen molar-refractivity contribution in [3.63, 3.8) is 0 Å². The van der Waals surface area contributed by atoms with Gasteiger partial charge in [-0.2, -0.15) is 0 Å². The topological polar surface area (TPSA) is 105 Å². The van der Waals surface area contributed by atoms with Crippen molar-refractivity contribution in [1.82, 2.24) is 5.32 Å². The van der Waals surface area contributed by atoms with Crippen molar-refractivity contribution in [2.75, 3.05) is 6.54 Å². The van der Waals surface area contributed by atoms with Gasteiger partial charge in [-0.15, -0.1) is 11.3 Å². The number of nitrogens with one attached hydrogen (secondary N) is 1. The molecule has 0 fully saturated rings. The van der Waals surface area contributed by atoms with Gasteiger partial charge in [0.05, 0.1) is 10.7 Å². The Morgan fingerprint density at radius 1 is 1.06 bits per heavy atom. The molecule has 0 aliphatic heterocycles. The van der Waals surface area contributed by atoms with Crippen LogP contribution in [-0.4, -0.2) is 35.4 Å². The van der Waals surface area contributed by atoms with E-state index in [4.69, 9.17) is 5.73 Å². The normalized spacial score (nSPS) is 12.5. The van der Waals surface area contributed by atoms with Gasteiger partial charge in [0.25, 0.3) is 5.91 Å². The summed E-state index contributed by atoms with van der Waals surface area (Å²) in [7, 11) is 0. The number of carbonyl (C=O) groups excluding carboxylic acids is 1. The molecule has 6 nitrogen and oxygen atoms in total. The number of benzene rings is 2. The lowest BCUT2D eigenvalue weighted by molar-refractivity contribution is -0.139. The zero-order chi connectivity index (χ0) is 24.7. The number of carboxylic acids is 1. The van der Waals surface area contributed by atoms with E-state index in [0.29, 0.717) is 39.7 Å². The van der Waals surface area contributed by atoms with E-state index in [0.717, 1.165) is 11.3 Å². The number of nitrogens with two attached hydrogens (primary N) is 1. The number of aliphatic carboxylic acids is 1. The number of carbonyl (C=O) groups is 2. The van der Waals surface area contributed by atoms with Crippen LogP contribution in [0.15, 0.2) is 65.7 Å². The number of amidine groups is 1. The van der Waals surface area contributed by atoms with E-state index in [-0.39, 0.29) is 6.42 Å². The molecule has 1 aromatic heterocycles. The molecule has 0 aliphatic rings. The van der Waals surface area contributed by atoms with Crippen LogP contribution in [0, 0.1) is 11.6 Å². The Labute approximate surface area is 200 Å². The number of hydrogen-bond acceptors (Lipinski definition) is 4. The smallest absolute Gasteiger partial charge is 0.326 e. The number of hydrogen-bond donors (Lipinski definition) is 3. The summed E-state index contributed by atoms with van der Waals surface area (Å²) in [6, 6.07) is 14.3. The molecule has 0 radical (unpaired) electrons. The molecule has 1 atom stereocenters. The number of carboxylic acid groups (broad SMARTS) is 1. The highest BCUT2D eigenvalue weighted by molar-refractivity contribution is 7.14. The maximum absolute atomic E-state index is 14.0. The van der Waals surface area contributed by atoms with Gasteiger partial charge in [-0.05, 0) is 67.3 Å². The quantitative estimate of drug-likeness (QED) is 0.223. The van der Waals surface area contributed by atoms with Crippen LogP contribution in [0.1, 0.15) is 51.4 Å². The molecule has 34 heavy (non-hydrogen) atoms. The van der Waals surface area contributed by atoms with E-state index in [1.165, 1.54) is 24.3 Å². The average Bonchev–Trinajstić information content (AvgIpc) is 3.25. The summed E-state index contributed by atoms with van der Waals surface area (Å²) in [5, 5.41) is 12.0. The number of halogens is 2. The van der Waals surface area contributed by atoms with Crippen molar-refractivity contribution in [1.29, 1.82) is 0 Å². The molecular formula is C25H25F2N3O3S. The van der Waals surface area contributed by atoms with Crippen molar-refractivity contribution in [2.45, 2.75) is 31.7 Å². The highest BCUT2D eigenvalue weighted by Gasteiger charge is 2.24. The minimum atomic E-state index is -1.14. The minimum absolute atomic E-state index is 0.200. The van der Waals surface area contributed by atoms with Crippen LogP contribution < -0.4 is 11.1 Å². The third kappa shape index (κ3) is 6.71. The summed E-state index contributed by atoms with van der Waals surface area (Å²) < 4.78 is 27.9. The lowest BCUT2D eigenvalue weighted by Crippen LogP contribution is -2.40. The van der Waals surface area contributed by atoms with Crippen molar-refractivity contribution < 1.29 is 23.5 Å². The number of aliphatic imine (C=N–C) groups is 1. The van der Waals surface area contributed by atoms with Gasteiger partial charge < -0.3 is 16.2 Å². The summed E-state index contributed by atoms with van der Waals surface area (Å²) in [4.78, 5) is 29.4. The summed E-state index contributed by atoms with van der Waals surface area (Å²) in [5.74, 6) is -2.60. The van der Waals surface area contributed by atoms with Crippen molar-refractivity contribution in [2.24, 2.45) is 10.7 Å². The second kappa shape index (κ2) is 11.5. The number of nitrogens with zero attached hydrogens (tertiary/aromatic N) is 1. The first-order valence-electron chi connectivity index (χ1n) is 10.7. The fraction of sp³-hybridized carbons (Fsp3) is 0.240. The molecule has 3 rings (SSSR count). The Hall–Kier alpha value is -3.59. The van der Waals surface area contributed by atoms with E-state index >= 15 is 0 Å². The fourth-order valence-electron chi connectivity index (χ4n) is 3.56. The summed E-state index contributed by atoms with van der Waals surface area (Å²) in [5.41, 5.74) is 6.70. The molecule has 0 spiro atoms. The van der Waals surface area contributed by atoms with Gasteiger partial charge in [-0.3, -0.25) is 9.79 Å². The van der Waals surface area contributed by atoms with Crippen LogP contribution in [-0.2, 0) is 4.79 Å². The number of thiophene rings is 1. The SMILES string of the molecule is CC(N)=NCCCC(NC(=O)c1ccc(C(c2cccc(F)c2)c2cccc(F)c2)s1)C(=O)O. The Morgan fingerprint density at radius 2 is 1.68 bits per heavy atom. The van der Waals surface area contributed by atoms with E-state index in [1.807, 2.05) is 0 Å². The first kappa shape index (κ1) is 25.0. The van der Waals surface area contributed by atoms with Crippen LogP contribution >= 0.6 is 11.3 Å². The zero-order valence-corrected chi connectivity index (χ0v) is 19.3. The standard InChI is InChI=1S/C25H25F2N3O3S/c1-15(28)29-12-4-9-20(25(32)33)30-24(31)22-11-10-21(34-22)23(16-5-2-7-18(26)13-16)17-6-3-8-19(27)14-17/h2-3,5-8,10-11,13-14,20,23H,4,9,12H2,1H3,(H2,28,29)(H,30,31)(H,32,33). The van der Waals surface area contributed by atoms with Crippen LogP contribution in [0.5, 0.6) is 0 Å². The first-order chi connectivity index (χ1) is 16.2. The Kier molecular flexibility index (Phi) is 8.48. The molecule has 178 valence electrons. The maximum atomic E-state index is 14.0. The summed E-state index contributed by atoms with van der Waals surface area (Å²) in [6.07, 6.45) is 0.647. The van der Waals surface area contributed by atoms with Gasteiger partial charge in [0.2, 0.25) is 0 Å². The lowest BCUT2D eigenvalue weighted by Gasteiger charge is -2.17. The molecule has 0 saturated heterocycles. The largest absolute Gasteiger partial charge is 0.480 e. The predicted molar refractivity (Wildman–Crippen MR) is 128 cm³/mol. The summed E-state index contributed by atoms with van der Waals surface area (Å²) in [6.45, 7) is 2.01. The van der Waals surface area contributed by atoms with Crippen LogP contribution in [0.3, 0.4) is 0 Å². The molecule has 1 amide bonds. The van der Waals surface area contributed by atoms with E-state index < -0.39 is 35.5 Å². The molecule has 9 heteroatoms. The molecule has 0 saturated carbocycles. The Morgan fingerprint density at radius 3 is 2.21 bits per heavy atom. The van der Waals surface area contributed by atoms with Crippen molar-refractivity contribution >= 4 is 29.0 Å². The maximum Gasteiger partial charge on any atom is 0.326 e. The lowest BCUT2D eigenvalue weighted by atomic mass is 9.90. The molecule has 0 aliphatic carbocycles. The first-order valence-corrected chi connectivity index (χ1v) is 11.5. The molecule has 1 unspecified atom stereocenters. The monoisotopic (exact) mass is 485 g/mol. The van der Waals surface area contributed by atoms with Crippen LogP contribution in [0.4, 0.5) is 8.78 Å². The van der Waals surface area contributed by atoms with Gasteiger partial charge in [0.1, 0.15) is 17.7 Å². The number of rotatable bonds is 10. The van der Waals surface area contributed by atoms with E-state index in [1.54, 1.807) is 43.3 Å². The highest BCUT2D eigenvalue weighted by Crippen LogP contribution is 2.36. The molecule has 3 aromatic rings. The van der Waals surface area contributed by atoms with Crippen molar-refractivity contribution in [3.05, 3.63) is 93.2 Å². The third-order valence-electron chi connectivity index (χ3n) is 5.11. The number of amides is 1.